The van der Waals surface area contributed by atoms with Gasteiger partial charge in [-0.25, -0.2) is 4.39 Å². The molecule has 0 saturated carbocycles. The lowest BCUT2D eigenvalue weighted by molar-refractivity contribution is 0.553. The average molecular weight is 220 g/mol. The minimum atomic E-state index is -0.164. The monoisotopic (exact) mass is 220 g/mol. The molecule has 1 unspecified atom stereocenters. The molecule has 1 aromatic carbocycles. The Morgan fingerprint density at radius 2 is 2.25 bits per heavy atom. The van der Waals surface area contributed by atoms with Gasteiger partial charge < -0.3 is 5.32 Å². The molecule has 0 saturated heterocycles. The van der Waals surface area contributed by atoms with E-state index in [9.17, 15) is 4.39 Å². The van der Waals surface area contributed by atoms with E-state index in [0.717, 1.165) is 18.5 Å². The lowest BCUT2D eigenvalue weighted by atomic mass is 10.1. The summed E-state index contributed by atoms with van der Waals surface area (Å²) in [5.41, 5.74) is 1.61. The van der Waals surface area contributed by atoms with E-state index in [-0.39, 0.29) is 11.9 Å². The number of hydrogen-bond donors (Lipinski definition) is 1. The highest BCUT2D eigenvalue weighted by Crippen LogP contribution is 2.16. The van der Waals surface area contributed by atoms with E-state index in [1.54, 1.807) is 19.1 Å². The Morgan fingerprint density at radius 1 is 1.50 bits per heavy atom. The molecule has 2 nitrogen and oxygen atoms in total. The van der Waals surface area contributed by atoms with E-state index in [2.05, 4.69) is 11.4 Å². The quantitative estimate of drug-likeness (QED) is 0.774. The topological polar surface area (TPSA) is 35.8 Å². The number of halogens is 1. The molecule has 0 amide bonds. The molecule has 0 bridgehead atoms. The molecule has 0 aliphatic heterocycles. The molecule has 0 aliphatic carbocycles. The first-order chi connectivity index (χ1) is 7.65. The van der Waals surface area contributed by atoms with Crippen molar-refractivity contribution in [3.63, 3.8) is 0 Å². The first kappa shape index (κ1) is 12.7. The smallest absolute Gasteiger partial charge is 0.126 e. The van der Waals surface area contributed by atoms with Crippen molar-refractivity contribution in [2.24, 2.45) is 0 Å². The SMILES string of the molecule is Cc1ccc(C(C)NCCCC#N)cc1F. The highest BCUT2D eigenvalue weighted by molar-refractivity contribution is 5.25. The van der Waals surface area contributed by atoms with Gasteiger partial charge in [0.05, 0.1) is 6.07 Å². The second-order valence-electron chi connectivity index (χ2n) is 3.95. The third-order valence-corrected chi connectivity index (χ3v) is 2.61. The van der Waals surface area contributed by atoms with E-state index in [0.29, 0.717) is 12.0 Å². The second kappa shape index (κ2) is 6.24. The third-order valence-electron chi connectivity index (χ3n) is 2.61. The zero-order valence-electron chi connectivity index (χ0n) is 9.76. The van der Waals surface area contributed by atoms with Gasteiger partial charge in [-0.3, -0.25) is 0 Å². The molecular formula is C13H17FN2. The maximum Gasteiger partial charge on any atom is 0.126 e. The highest BCUT2D eigenvalue weighted by Gasteiger charge is 2.06. The van der Waals surface area contributed by atoms with Gasteiger partial charge in [-0.05, 0) is 44.0 Å². The van der Waals surface area contributed by atoms with Crippen molar-refractivity contribution < 1.29 is 4.39 Å². The molecule has 16 heavy (non-hydrogen) atoms. The van der Waals surface area contributed by atoms with Crippen LogP contribution >= 0.6 is 0 Å². The maximum absolute atomic E-state index is 13.3. The molecule has 0 fully saturated rings. The summed E-state index contributed by atoms with van der Waals surface area (Å²) in [6.45, 7) is 4.53. The summed E-state index contributed by atoms with van der Waals surface area (Å²) in [5, 5.41) is 11.7. The summed E-state index contributed by atoms with van der Waals surface area (Å²) in [4.78, 5) is 0. The molecule has 3 heteroatoms. The third kappa shape index (κ3) is 3.63. The lowest BCUT2D eigenvalue weighted by Crippen LogP contribution is -2.19. The minimum absolute atomic E-state index is 0.119. The van der Waals surface area contributed by atoms with Crippen LogP contribution in [-0.2, 0) is 0 Å². The molecule has 1 aromatic rings. The molecule has 1 rings (SSSR count). The molecule has 1 atom stereocenters. The Labute approximate surface area is 96.1 Å². The largest absolute Gasteiger partial charge is 0.310 e. The number of nitriles is 1. The van der Waals surface area contributed by atoms with E-state index in [1.807, 2.05) is 13.0 Å². The number of benzene rings is 1. The van der Waals surface area contributed by atoms with Crippen molar-refractivity contribution in [3.8, 4) is 6.07 Å². The minimum Gasteiger partial charge on any atom is -0.310 e. The van der Waals surface area contributed by atoms with Crippen LogP contribution in [0.2, 0.25) is 0 Å². The Bertz CT molecular complexity index is 382. The molecule has 0 radical (unpaired) electrons. The molecule has 0 aliphatic rings. The van der Waals surface area contributed by atoms with Crippen LogP contribution in [0.3, 0.4) is 0 Å². The first-order valence-corrected chi connectivity index (χ1v) is 5.51. The van der Waals surface area contributed by atoms with Crippen molar-refractivity contribution in [2.45, 2.75) is 32.7 Å². The summed E-state index contributed by atoms with van der Waals surface area (Å²) < 4.78 is 13.3. The molecule has 0 spiro atoms. The predicted octanol–water partition coefficient (Wildman–Crippen LogP) is 3.09. The van der Waals surface area contributed by atoms with Gasteiger partial charge in [0, 0.05) is 12.5 Å². The van der Waals surface area contributed by atoms with Crippen LogP contribution < -0.4 is 5.32 Å². The van der Waals surface area contributed by atoms with Crippen molar-refractivity contribution in [2.75, 3.05) is 6.54 Å². The van der Waals surface area contributed by atoms with E-state index in [4.69, 9.17) is 5.26 Å². The summed E-state index contributed by atoms with van der Waals surface area (Å²) in [6.07, 6.45) is 1.39. The van der Waals surface area contributed by atoms with Crippen LogP contribution in [0.5, 0.6) is 0 Å². The van der Waals surface area contributed by atoms with Crippen LogP contribution in [0.15, 0.2) is 18.2 Å². The van der Waals surface area contributed by atoms with Crippen LogP contribution in [0.1, 0.15) is 36.9 Å². The molecular weight excluding hydrogens is 203 g/mol. The molecule has 1 N–H and O–H groups in total. The number of aryl methyl sites for hydroxylation is 1. The van der Waals surface area contributed by atoms with E-state index in [1.165, 1.54) is 0 Å². The zero-order chi connectivity index (χ0) is 12.0. The van der Waals surface area contributed by atoms with Gasteiger partial charge in [-0.2, -0.15) is 5.26 Å². The van der Waals surface area contributed by atoms with Gasteiger partial charge in [-0.1, -0.05) is 12.1 Å². The standard InChI is InChI=1S/C13H17FN2/c1-10-5-6-12(9-13(10)14)11(2)16-8-4-3-7-15/h5-6,9,11,16H,3-4,8H2,1-2H3. The average Bonchev–Trinajstić information content (AvgIpc) is 2.28. The molecule has 0 heterocycles. The lowest BCUT2D eigenvalue weighted by Gasteiger charge is -2.14. The fraction of sp³-hybridized carbons (Fsp3) is 0.462. The number of nitrogens with one attached hydrogen (secondary N) is 1. The van der Waals surface area contributed by atoms with E-state index >= 15 is 0 Å². The Kier molecular flexibility index (Phi) is 4.94. The zero-order valence-corrected chi connectivity index (χ0v) is 9.76. The van der Waals surface area contributed by atoms with Crippen LogP contribution in [0, 0.1) is 24.1 Å². The fourth-order valence-electron chi connectivity index (χ4n) is 1.48. The van der Waals surface area contributed by atoms with E-state index < -0.39 is 0 Å². The number of hydrogen-bond acceptors (Lipinski definition) is 2. The summed E-state index contributed by atoms with van der Waals surface area (Å²) >= 11 is 0. The summed E-state index contributed by atoms with van der Waals surface area (Å²) in [7, 11) is 0. The van der Waals surface area contributed by atoms with Crippen LogP contribution in [0.4, 0.5) is 4.39 Å². The van der Waals surface area contributed by atoms with Crippen LogP contribution in [0.25, 0.3) is 0 Å². The first-order valence-electron chi connectivity index (χ1n) is 5.51. The van der Waals surface area contributed by atoms with Gasteiger partial charge in [0.25, 0.3) is 0 Å². The van der Waals surface area contributed by atoms with Gasteiger partial charge in [0.2, 0.25) is 0 Å². The van der Waals surface area contributed by atoms with Gasteiger partial charge in [0.1, 0.15) is 5.82 Å². The molecule has 86 valence electrons. The van der Waals surface area contributed by atoms with Crippen LogP contribution in [-0.4, -0.2) is 6.54 Å². The molecule has 0 aromatic heterocycles. The Balaban J connectivity index is 2.50. The van der Waals surface area contributed by atoms with Crippen molar-refractivity contribution in [3.05, 3.63) is 35.1 Å². The number of nitrogens with zero attached hydrogens (tertiary/aromatic N) is 1. The Morgan fingerprint density at radius 3 is 2.88 bits per heavy atom. The second-order valence-corrected chi connectivity index (χ2v) is 3.95. The predicted molar refractivity (Wildman–Crippen MR) is 62.4 cm³/mol. The Hall–Kier alpha value is -1.40. The van der Waals surface area contributed by atoms with Gasteiger partial charge >= 0.3 is 0 Å². The van der Waals surface area contributed by atoms with Crippen molar-refractivity contribution in [1.29, 1.82) is 5.26 Å². The van der Waals surface area contributed by atoms with Gasteiger partial charge in [0.15, 0.2) is 0 Å². The highest BCUT2D eigenvalue weighted by atomic mass is 19.1. The van der Waals surface area contributed by atoms with Crippen molar-refractivity contribution >= 4 is 0 Å². The number of unbranched alkanes of at least 4 members (excludes halogenated alkanes) is 1. The van der Waals surface area contributed by atoms with Gasteiger partial charge in [-0.15, -0.1) is 0 Å². The summed E-state index contributed by atoms with van der Waals surface area (Å²) in [6, 6.07) is 7.50. The summed E-state index contributed by atoms with van der Waals surface area (Å²) in [5.74, 6) is -0.164. The van der Waals surface area contributed by atoms with Crippen molar-refractivity contribution in [1.82, 2.24) is 5.32 Å². The normalized spacial score (nSPS) is 12.1. The maximum atomic E-state index is 13.3. The fourth-order valence-corrected chi connectivity index (χ4v) is 1.48. The number of rotatable bonds is 5.